The summed E-state index contributed by atoms with van der Waals surface area (Å²) in [5, 5.41) is 2.61. The van der Waals surface area contributed by atoms with E-state index in [1.165, 1.54) is 11.3 Å². The third-order valence-corrected chi connectivity index (χ3v) is 2.60. The predicted molar refractivity (Wildman–Crippen MR) is 47.1 cm³/mol. The van der Waals surface area contributed by atoms with Crippen molar-refractivity contribution in [2.75, 3.05) is 11.4 Å². The van der Waals surface area contributed by atoms with Crippen molar-refractivity contribution < 1.29 is 4.79 Å². The Bertz CT molecular complexity index is 285. The summed E-state index contributed by atoms with van der Waals surface area (Å²) in [6, 6.07) is -0.0265. The van der Waals surface area contributed by atoms with Crippen LogP contribution in [-0.4, -0.2) is 23.5 Å². The molecule has 1 aromatic heterocycles. The number of amides is 1. The van der Waals surface area contributed by atoms with Gasteiger partial charge in [0, 0.05) is 30.6 Å². The average Bonchev–Trinajstić information content (AvgIpc) is 2.58. The van der Waals surface area contributed by atoms with Crippen molar-refractivity contribution in [1.29, 1.82) is 0 Å². The fourth-order valence-electron chi connectivity index (χ4n) is 1.27. The molecular formula is C7H9N3OS. The molecule has 0 saturated carbocycles. The number of nitrogens with two attached hydrogens (primary N) is 1. The fourth-order valence-corrected chi connectivity index (χ4v) is 1.94. The summed E-state index contributed by atoms with van der Waals surface area (Å²) in [6.45, 7) is 0.604. The van der Waals surface area contributed by atoms with Crippen molar-refractivity contribution in [3.63, 3.8) is 0 Å². The van der Waals surface area contributed by atoms with Crippen LogP contribution in [0.3, 0.4) is 0 Å². The Labute approximate surface area is 74.0 Å². The van der Waals surface area contributed by atoms with E-state index in [1.807, 2.05) is 5.38 Å². The van der Waals surface area contributed by atoms with E-state index < -0.39 is 0 Å². The number of aromatic nitrogens is 1. The maximum absolute atomic E-state index is 11.3. The molecule has 2 rings (SSSR count). The largest absolute Gasteiger partial charge is 0.326 e. The van der Waals surface area contributed by atoms with Crippen LogP contribution in [0.15, 0.2) is 11.6 Å². The second-order valence-electron chi connectivity index (χ2n) is 2.78. The predicted octanol–water partition coefficient (Wildman–Crippen LogP) is 0.207. The molecule has 1 aliphatic heterocycles. The number of hydrogen-bond acceptors (Lipinski definition) is 4. The molecule has 1 unspecified atom stereocenters. The fraction of sp³-hybridized carbons (Fsp3) is 0.429. The van der Waals surface area contributed by atoms with Crippen LogP contribution in [0.4, 0.5) is 5.13 Å². The molecule has 1 atom stereocenters. The molecular weight excluding hydrogens is 174 g/mol. The van der Waals surface area contributed by atoms with Crippen LogP contribution in [-0.2, 0) is 4.79 Å². The minimum absolute atomic E-state index is 0.0265. The lowest BCUT2D eigenvalue weighted by molar-refractivity contribution is -0.117. The molecule has 0 aromatic carbocycles. The second kappa shape index (κ2) is 2.84. The first kappa shape index (κ1) is 7.70. The Hall–Kier alpha value is -0.940. The van der Waals surface area contributed by atoms with Gasteiger partial charge in [-0.2, -0.15) is 0 Å². The summed E-state index contributed by atoms with van der Waals surface area (Å²) in [4.78, 5) is 17.0. The minimum Gasteiger partial charge on any atom is -0.326 e. The molecule has 0 aliphatic carbocycles. The Morgan fingerprint density at radius 1 is 1.75 bits per heavy atom. The van der Waals surface area contributed by atoms with Crippen molar-refractivity contribution in [2.24, 2.45) is 5.73 Å². The van der Waals surface area contributed by atoms with Crippen LogP contribution in [0.1, 0.15) is 6.42 Å². The maximum atomic E-state index is 11.3. The van der Waals surface area contributed by atoms with Crippen LogP contribution in [0.5, 0.6) is 0 Å². The van der Waals surface area contributed by atoms with Gasteiger partial charge in [-0.3, -0.25) is 9.69 Å². The molecule has 0 spiro atoms. The number of carbonyl (C=O) groups is 1. The Balaban J connectivity index is 2.21. The summed E-state index contributed by atoms with van der Waals surface area (Å²) in [5.41, 5.74) is 5.64. The van der Waals surface area contributed by atoms with E-state index in [1.54, 1.807) is 11.1 Å². The zero-order valence-electron chi connectivity index (χ0n) is 6.43. The highest BCUT2D eigenvalue weighted by atomic mass is 32.1. The van der Waals surface area contributed by atoms with Crippen LogP contribution < -0.4 is 10.6 Å². The van der Waals surface area contributed by atoms with Crippen molar-refractivity contribution in [3.05, 3.63) is 11.6 Å². The van der Waals surface area contributed by atoms with Gasteiger partial charge in [-0.1, -0.05) is 0 Å². The van der Waals surface area contributed by atoms with E-state index in [2.05, 4.69) is 4.98 Å². The number of hydrogen-bond donors (Lipinski definition) is 1. The van der Waals surface area contributed by atoms with E-state index in [0.717, 1.165) is 5.13 Å². The van der Waals surface area contributed by atoms with Crippen molar-refractivity contribution in [2.45, 2.75) is 12.5 Å². The van der Waals surface area contributed by atoms with Crippen molar-refractivity contribution >= 4 is 22.4 Å². The molecule has 4 nitrogen and oxygen atoms in total. The van der Waals surface area contributed by atoms with Crippen LogP contribution >= 0.6 is 11.3 Å². The third kappa shape index (κ3) is 1.21. The normalized spacial score (nSPS) is 23.6. The first-order chi connectivity index (χ1) is 5.77. The summed E-state index contributed by atoms with van der Waals surface area (Å²) >= 11 is 1.46. The summed E-state index contributed by atoms with van der Waals surface area (Å²) in [7, 11) is 0. The zero-order chi connectivity index (χ0) is 8.55. The van der Waals surface area contributed by atoms with E-state index in [0.29, 0.717) is 13.0 Å². The first-order valence-electron chi connectivity index (χ1n) is 3.73. The van der Waals surface area contributed by atoms with E-state index in [-0.39, 0.29) is 11.9 Å². The van der Waals surface area contributed by atoms with Gasteiger partial charge in [0.25, 0.3) is 0 Å². The molecule has 1 aliphatic rings. The van der Waals surface area contributed by atoms with Crippen LogP contribution in [0, 0.1) is 0 Å². The Morgan fingerprint density at radius 2 is 2.58 bits per heavy atom. The average molecular weight is 183 g/mol. The highest BCUT2D eigenvalue weighted by Gasteiger charge is 2.29. The second-order valence-corrected chi connectivity index (χ2v) is 3.66. The van der Waals surface area contributed by atoms with Gasteiger partial charge in [-0.05, 0) is 0 Å². The SMILES string of the molecule is NC1CC(=O)N(c2nccs2)C1. The number of rotatable bonds is 1. The van der Waals surface area contributed by atoms with Gasteiger partial charge in [0.05, 0.1) is 0 Å². The first-order valence-corrected chi connectivity index (χ1v) is 4.61. The quantitative estimate of drug-likeness (QED) is 0.677. The van der Waals surface area contributed by atoms with Gasteiger partial charge >= 0.3 is 0 Å². The summed E-state index contributed by atoms with van der Waals surface area (Å²) in [5.74, 6) is 0.0810. The number of thiazole rings is 1. The smallest absolute Gasteiger partial charge is 0.230 e. The molecule has 64 valence electrons. The number of nitrogens with zero attached hydrogens (tertiary/aromatic N) is 2. The lowest BCUT2D eigenvalue weighted by atomic mass is 10.3. The Morgan fingerprint density at radius 3 is 3.08 bits per heavy atom. The monoisotopic (exact) mass is 183 g/mol. The lowest BCUT2D eigenvalue weighted by Gasteiger charge is -2.10. The number of anilines is 1. The van der Waals surface area contributed by atoms with Gasteiger partial charge in [-0.15, -0.1) is 11.3 Å². The molecule has 5 heteroatoms. The van der Waals surface area contributed by atoms with Crippen molar-refractivity contribution in [1.82, 2.24) is 4.98 Å². The molecule has 2 heterocycles. The van der Waals surface area contributed by atoms with E-state index >= 15 is 0 Å². The summed E-state index contributed by atoms with van der Waals surface area (Å²) < 4.78 is 0. The van der Waals surface area contributed by atoms with E-state index in [9.17, 15) is 4.79 Å². The number of carbonyl (C=O) groups excluding carboxylic acids is 1. The molecule has 1 aromatic rings. The van der Waals surface area contributed by atoms with Crippen LogP contribution in [0.25, 0.3) is 0 Å². The highest BCUT2D eigenvalue weighted by Crippen LogP contribution is 2.22. The maximum Gasteiger partial charge on any atom is 0.230 e. The molecule has 1 amide bonds. The topological polar surface area (TPSA) is 59.2 Å². The Kier molecular flexibility index (Phi) is 1.82. The molecule has 1 fully saturated rings. The molecule has 0 radical (unpaired) electrons. The van der Waals surface area contributed by atoms with Gasteiger partial charge in [-0.25, -0.2) is 4.98 Å². The van der Waals surface area contributed by atoms with Gasteiger partial charge in [0.15, 0.2) is 5.13 Å². The van der Waals surface area contributed by atoms with Gasteiger partial charge in [0.2, 0.25) is 5.91 Å². The third-order valence-electron chi connectivity index (χ3n) is 1.81. The molecule has 12 heavy (non-hydrogen) atoms. The molecule has 1 saturated heterocycles. The highest BCUT2D eigenvalue weighted by molar-refractivity contribution is 7.13. The van der Waals surface area contributed by atoms with Gasteiger partial charge in [0.1, 0.15) is 0 Å². The zero-order valence-corrected chi connectivity index (χ0v) is 7.25. The van der Waals surface area contributed by atoms with Crippen LogP contribution in [0.2, 0.25) is 0 Å². The van der Waals surface area contributed by atoms with Gasteiger partial charge < -0.3 is 5.73 Å². The van der Waals surface area contributed by atoms with Crippen molar-refractivity contribution in [3.8, 4) is 0 Å². The summed E-state index contributed by atoms with van der Waals surface area (Å²) in [6.07, 6.45) is 2.14. The lowest BCUT2D eigenvalue weighted by Crippen LogP contribution is -2.27. The molecule has 2 N–H and O–H groups in total. The standard InChI is InChI=1S/C7H9N3OS/c8-5-3-6(11)10(4-5)7-9-1-2-12-7/h1-2,5H,3-4,8H2. The van der Waals surface area contributed by atoms with E-state index in [4.69, 9.17) is 5.73 Å². The minimum atomic E-state index is -0.0265. The molecule has 0 bridgehead atoms.